The molecule has 1 aromatic rings. The Balaban J connectivity index is 0.00000324. The van der Waals surface area contributed by atoms with Gasteiger partial charge in [0.05, 0.1) is 6.04 Å². The molecule has 3 nitrogen and oxygen atoms in total. The molecule has 1 amide bonds. The Morgan fingerprint density at radius 2 is 1.68 bits per heavy atom. The summed E-state index contributed by atoms with van der Waals surface area (Å²) >= 11 is 0. The van der Waals surface area contributed by atoms with Gasteiger partial charge in [-0.2, -0.15) is 0 Å². The van der Waals surface area contributed by atoms with E-state index in [9.17, 15) is 4.79 Å². The third-order valence-electron chi connectivity index (χ3n) is 2.99. The number of carbonyl (C=O) groups excluding carboxylic acids is 1. The van der Waals surface area contributed by atoms with Crippen LogP contribution in [0.25, 0.3) is 0 Å². The first-order chi connectivity index (χ1) is 8.40. The van der Waals surface area contributed by atoms with Crippen LogP contribution < -0.4 is 11.1 Å². The molecule has 108 valence electrons. The minimum atomic E-state index is -0.448. The van der Waals surface area contributed by atoms with Crippen molar-refractivity contribution in [3.63, 3.8) is 0 Å². The number of rotatable bonds is 5. The van der Waals surface area contributed by atoms with Crippen LogP contribution in [0.4, 0.5) is 0 Å². The van der Waals surface area contributed by atoms with Crippen molar-refractivity contribution in [3.05, 3.63) is 35.4 Å². The molecular formula is C15H25ClN2O. The van der Waals surface area contributed by atoms with E-state index in [0.717, 1.165) is 6.42 Å². The molecule has 4 heteroatoms. The maximum absolute atomic E-state index is 11.5. The molecule has 1 rings (SSSR count). The van der Waals surface area contributed by atoms with Gasteiger partial charge in [-0.1, -0.05) is 38.1 Å². The fourth-order valence-electron chi connectivity index (χ4n) is 1.82. The molecule has 0 aliphatic rings. The van der Waals surface area contributed by atoms with Crippen molar-refractivity contribution in [3.8, 4) is 0 Å². The van der Waals surface area contributed by atoms with Crippen LogP contribution in [0.1, 0.15) is 44.7 Å². The molecule has 3 N–H and O–H groups in total. The Labute approximate surface area is 122 Å². The summed E-state index contributed by atoms with van der Waals surface area (Å²) in [6.45, 7) is 8.05. The Hall–Kier alpha value is -1.06. The zero-order chi connectivity index (χ0) is 13.7. The monoisotopic (exact) mass is 284 g/mol. The zero-order valence-corrected chi connectivity index (χ0v) is 13.0. The standard InChI is InChI=1S/C15H24N2O.ClH/c1-10(2)14-7-5-13(6-8-14)9-11(3)17-15(18)12(4)16;/h5-8,10-12H,9,16H2,1-4H3,(H,17,18);1H. The number of hydrogen-bond acceptors (Lipinski definition) is 2. The average Bonchev–Trinajstić information content (AvgIpc) is 2.29. The molecule has 0 heterocycles. The number of nitrogens with one attached hydrogen (secondary N) is 1. The first kappa shape index (κ1) is 17.9. The van der Waals surface area contributed by atoms with Crippen molar-refractivity contribution in [2.24, 2.45) is 5.73 Å². The van der Waals surface area contributed by atoms with E-state index >= 15 is 0 Å². The van der Waals surface area contributed by atoms with Crippen LogP contribution in [-0.4, -0.2) is 18.0 Å². The summed E-state index contributed by atoms with van der Waals surface area (Å²) in [5.74, 6) is 0.454. The van der Waals surface area contributed by atoms with Crippen LogP contribution in [0.2, 0.25) is 0 Å². The lowest BCUT2D eigenvalue weighted by Gasteiger charge is -2.16. The van der Waals surface area contributed by atoms with Gasteiger partial charge in [-0.25, -0.2) is 0 Å². The molecule has 0 saturated heterocycles. The molecule has 2 unspecified atom stereocenters. The SMILES string of the molecule is CC(Cc1ccc(C(C)C)cc1)NC(=O)C(C)N.Cl. The first-order valence-electron chi connectivity index (χ1n) is 6.55. The average molecular weight is 285 g/mol. The number of nitrogens with two attached hydrogens (primary N) is 1. The quantitative estimate of drug-likeness (QED) is 0.873. The molecule has 0 fully saturated rings. The lowest BCUT2D eigenvalue weighted by atomic mass is 9.99. The van der Waals surface area contributed by atoms with Gasteiger partial charge in [0.15, 0.2) is 0 Å². The highest BCUT2D eigenvalue weighted by Crippen LogP contribution is 2.15. The predicted molar refractivity (Wildman–Crippen MR) is 82.7 cm³/mol. The van der Waals surface area contributed by atoms with Gasteiger partial charge in [-0.15, -0.1) is 12.4 Å². The maximum Gasteiger partial charge on any atom is 0.236 e. The summed E-state index contributed by atoms with van der Waals surface area (Å²) in [5.41, 5.74) is 8.09. The van der Waals surface area contributed by atoms with Crippen LogP contribution in [0.5, 0.6) is 0 Å². The third-order valence-corrected chi connectivity index (χ3v) is 2.99. The van der Waals surface area contributed by atoms with E-state index in [1.54, 1.807) is 6.92 Å². The molecule has 0 bridgehead atoms. The second-order valence-electron chi connectivity index (χ2n) is 5.30. The fraction of sp³-hybridized carbons (Fsp3) is 0.533. The molecule has 0 aliphatic heterocycles. The minimum absolute atomic E-state index is 0. The van der Waals surface area contributed by atoms with Crippen molar-refractivity contribution >= 4 is 18.3 Å². The van der Waals surface area contributed by atoms with Gasteiger partial charge in [-0.05, 0) is 37.3 Å². The Morgan fingerprint density at radius 3 is 2.11 bits per heavy atom. The van der Waals surface area contributed by atoms with E-state index in [-0.39, 0.29) is 24.4 Å². The second-order valence-corrected chi connectivity index (χ2v) is 5.30. The van der Waals surface area contributed by atoms with Gasteiger partial charge in [0, 0.05) is 6.04 Å². The van der Waals surface area contributed by atoms with E-state index in [0.29, 0.717) is 5.92 Å². The first-order valence-corrected chi connectivity index (χ1v) is 6.55. The van der Waals surface area contributed by atoms with E-state index in [4.69, 9.17) is 5.73 Å². The number of hydrogen-bond donors (Lipinski definition) is 2. The Morgan fingerprint density at radius 1 is 1.16 bits per heavy atom. The van der Waals surface area contributed by atoms with Gasteiger partial charge in [0.2, 0.25) is 5.91 Å². The van der Waals surface area contributed by atoms with Gasteiger partial charge in [0.25, 0.3) is 0 Å². The van der Waals surface area contributed by atoms with Gasteiger partial charge in [0.1, 0.15) is 0 Å². The predicted octanol–water partition coefficient (Wildman–Crippen LogP) is 2.63. The van der Waals surface area contributed by atoms with E-state index in [1.165, 1.54) is 11.1 Å². The largest absolute Gasteiger partial charge is 0.352 e. The van der Waals surface area contributed by atoms with Crippen LogP contribution in [0.3, 0.4) is 0 Å². The Bertz CT molecular complexity index is 388. The minimum Gasteiger partial charge on any atom is -0.352 e. The van der Waals surface area contributed by atoms with Crippen LogP contribution >= 0.6 is 12.4 Å². The molecule has 0 aromatic heterocycles. The van der Waals surface area contributed by atoms with Gasteiger partial charge in [-0.3, -0.25) is 4.79 Å². The number of carbonyl (C=O) groups is 1. The highest BCUT2D eigenvalue weighted by Gasteiger charge is 2.11. The summed E-state index contributed by atoms with van der Waals surface area (Å²) in [4.78, 5) is 11.5. The molecule has 0 radical (unpaired) electrons. The molecule has 0 spiro atoms. The fourth-order valence-corrected chi connectivity index (χ4v) is 1.82. The normalized spacial score (nSPS) is 13.6. The summed E-state index contributed by atoms with van der Waals surface area (Å²) in [6, 6.07) is 8.22. The number of halogens is 1. The molecular weight excluding hydrogens is 260 g/mol. The van der Waals surface area contributed by atoms with E-state index < -0.39 is 6.04 Å². The lowest BCUT2D eigenvalue weighted by molar-refractivity contribution is -0.122. The van der Waals surface area contributed by atoms with Crippen LogP contribution in [0.15, 0.2) is 24.3 Å². The van der Waals surface area contributed by atoms with Gasteiger partial charge >= 0.3 is 0 Å². The number of benzene rings is 1. The Kier molecular flexibility index (Phi) is 7.72. The number of amides is 1. The summed E-state index contributed by atoms with van der Waals surface area (Å²) < 4.78 is 0. The van der Waals surface area contributed by atoms with Crippen molar-refractivity contribution in [2.45, 2.75) is 52.1 Å². The highest BCUT2D eigenvalue weighted by molar-refractivity contribution is 5.85. The van der Waals surface area contributed by atoms with Crippen molar-refractivity contribution in [2.75, 3.05) is 0 Å². The smallest absolute Gasteiger partial charge is 0.236 e. The van der Waals surface area contributed by atoms with E-state index in [1.807, 2.05) is 6.92 Å². The second kappa shape index (κ2) is 8.18. The lowest BCUT2D eigenvalue weighted by Crippen LogP contribution is -2.43. The summed E-state index contributed by atoms with van der Waals surface area (Å²) in [5, 5.41) is 2.90. The summed E-state index contributed by atoms with van der Waals surface area (Å²) in [7, 11) is 0. The van der Waals surface area contributed by atoms with Crippen molar-refractivity contribution in [1.29, 1.82) is 0 Å². The summed E-state index contributed by atoms with van der Waals surface area (Å²) in [6.07, 6.45) is 0.830. The van der Waals surface area contributed by atoms with Crippen LogP contribution in [0, 0.1) is 0 Å². The zero-order valence-electron chi connectivity index (χ0n) is 12.1. The maximum atomic E-state index is 11.5. The molecule has 0 saturated carbocycles. The molecule has 2 atom stereocenters. The molecule has 1 aromatic carbocycles. The topological polar surface area (TPSA) is 55.1 Å². The van der Waals surface area contributed by atoms with Crippen molar-refractivity contribution in [1.82, 2.24) is 5.32 Å². The van der Waals surface area contributed by atoms with Crippen LogP contribution in [-0.2, 0) is 11.2 Å². The van der Waals surface area contributed by atoms with E-state index in [2.05, 4.69) is 43.4 Å². The van der Waals surface area contributed by atoms with Gasteiger partial charge < -0.3 is 11.1 Å². The molecule has 0 aliphatic carbocycles. The van der Waals surface area contributed by atoms with Crippen molar-refractivity contribution < 1.29 is 4.79 Å². The highest BCUT2D eigenvalue weighted by atomic mass is 35.5. The molecule has 19 heavy (non-hydrogen) atoms. The third kappa shape index (κ3) is 6.08.